The highest BCUT2D eigenvalue weighted by atomic mass is 79.9. The Morgan fingerprint density at radius 2 is 2.00 bits per heavy atom. The van der Waals surface area contributed by atoms with Gasteiger partial charge in [-0.05, 0) is 29.8 Å². The molecule has 3 nitrogen and oxygen atoms in total. The molecular formula is C14H11BrCl2N2O. The second-order valence-corrected chi connectivity index (χ2v) is 5.88. The first-order valence-electron chi connectivity index (χ1n) is 5.74. The van der Waals surface area contributed by atoms with Crippen LogP contribution in [-0.4, -0.2) is 5.91 Å². The Morgan fingerprint density at radius 1 is 1.25 bits per heavy atom. The van der Waals surface area contributed by atoms with Crippen molar-refractivity contribution < 1.29 is 4.79 Å². The van der Waals surface area contributed by atoms with E-state index in [4.69, 9.17) is 28.9 Å². The smallest absolute Gasteiger partial charge is 0.253 e. The molecule has 0 aromatic heterocycles. The molecular weight excluding hydrogens is 363 g/mol. The fourth-order valence-corrected chi connectivity index (χ4v) is 2.57. The summed E-state index contributed by atoms with van der Waals surface area (Å²) in [6, 6.07) is 10.7. The van der Waals surface area contributed by atoms with E-state index in [2.05, 4.69) is 21.2 Å². The summed E-state index contributed by atoms with van der Waals surface area (Å²) in [5.74, 6) is -0.316. The summed E-state index contributed by atoms with van der Waals surface area (Å²) in [5, 5.41) is 3.24. The van der Waals surface area contributed by atoms with E-state index in [9.17, 15) is 4.79 Å². The molecule has 1 amide bonds. The molecule has 3 N–H and O–H groups in total. The van der Waals surface area contributed by atoms with Crippen molar-refractivity contribution in [3.63, 3.8) is 0 Å². The van der Waals surface area contributed by atoms with Gasteiger partial charge >= 0.3 is 0 Å². The summed E-state index contributed by atoms with van der Waals surface area (Å²) in [4.78, 5) is 12.1. The Morgan fingerprint density at radius 3 is 2.70 bits per heavy atom. The Bertz CT molecular complexity index is 662. The van der Waals surface area contributed by atoms with Crippen LogP contribution in [0.1, 0.15) is 15.9 Å². The number of amides is 1. The number of halogens is 3. The first-order chi connectivity index (χ1) is 9.47. The van der Waals surface area contributed by atoms with Crippen LogP contribution in [0.25, 0.3) is 0 Å². The van der Waals surface area contributed by atoms with Gasteiger partial charge in [0.2, 0.25) is 0 Å². The van der Waals surface area contributed by atoms with Crippen molar-refractivity contribution in [3.05, 3.63) is 62.0 Å². The quantitative estimate of drug-likeness (QED) is 0.789. The number of nitrogens with one attached hydrogen (secondary N) is 1. The molecule has 0 bridgehead atoms. The van der Waals surface area contributed by atoms with Crippen LogP contribution >= 0.6 is 39.1 Å². The van der Waals surface area contributed by atoms with Crippen LogP contribution in [0.3, 0.4) is 0 Å². The van der Waals surface area contributed by atoms with Crippen molar-refractivity contribution in [2.24, 2.45) is 0 Å². The molecule has 20 heavy (non-hydrogen) atoms. The predicted molar refractivity (Wildman–Crippen MR) is 86.2 cm³/mol. The van der Waals surface area contributed by atoms with Gasteiger partial charge in [-0.3, -0.25) is 4.79 Å². The molecule has 0 unspecified atom stereocenters. The minimum absolute atomic E-state index is 0.201. The van der Waals surface area contributed by atoms with Crippen molar-refractivity contribution in [1.82, 2.24) is 5.32 Å². The van der Waals surface area contributed by atoms with Crippen LogP contribution in [0.4, 0.5) is 5.69 Å². The Hall–Kier alpha value is -1.23. The molecule has 0 radical (unpaired) electrons. The Kier molecular flexibility index (Phi) is 4.91. The number of carbonyl (C=O) groups is 1. The topological polar surface area (TPSA) is 55.1 Å². The monoisotopic (exact) mass is 372 g/mol. The second kappa shape index (κ2) is 6.48. The molecule has 0 saturated carbocycles. The lowest BCUT2D eigenvalue weighted by Crippen LogP contribution is -2.23. The highest BCUT2D eigenvalue weighted by molar-refractivity contribution is 9.10. The summed E-state index contributed by atoms with van der Waals surface area (Å²) in [6.45, 7) is 0.390. The number of carbonyl (C=O) groups excluding carboxylic acids is 1. The number of nitrogen functional groups attached to an aromatic ring is 1. The third-order valence-corrected chi connectivity index (χ3v) is 3.93. The lowest BCUT2D eigenvalue weighted by Gasteiger charge is -2.09. The lowest BCUT2D eigenvalue weighted by molar-refractivity contribution is 0.0951. The minimum Gasteiger partial charge on any atom is -0.399 e. The highest BCUT2D eigenvalue weighted by Gasteiger charge is 2.14. The number of hydrogen-bond acceptors (Lipinski definition) is 2. The van der Waals surface area contributed by atoms with Gasteiger partial charge in [0.15, 0.2) is 0 Å². The largest absolute Gasteiger partial charge is 0.399 e. The first kappa shape index (κ1) is 15.2. The normalized spacial score (nSPS) is 10.3. The van der Waals surface area contributed by atoms with Crippen molar-refractivity contribution in [1.29, 1.82) is 0 Å². The van der Waals surface area contributed by atoms with Gasteiger partial charge in [0.1, 0.15) is 0 Å². The van der Waals surface area contributed by atoms with E-state index in [0.29, 0.717) is 12.2 Å². The molecule has 2 aromatic rings. The Labute approximate surface area is 135 Å². The zero-order valence-electron chi connectivity index (χ0n) is 10.3. The molecule has 0 fully saturated rings. The van der Waals surface area contributed by atoms with E-state index >= 15 is 0 Å². The van der Waals surface area contributed by atoms with E-state index in [1.165, 1.54) is 12.1 Å². The molecule has 104 valence electrons. The highest BCUT2D eigenvalue weighted by Crippen LogP contribution is 2.28. The van der Waals surface area contributed by atoms with Crippen molar-refractivity contribution in [2.45, 2.75) is 6.54 Å². The van der Waals surface area contributed by atoms with Crippen LogP contribution in [0, 0.1) is 0 Å². The number of nitrogens with two attached hydrogens (primary N) is 1. The summed E-state index contributed by atoms with van der Waals surface area (Å²) >= 11 is 15.3. The standard InChI is InChI=1S/C14H11BrCl2N2O/c15-9-3-1-2-8(4-9)7-19-14(20)11-5-10(18)6-12(16)13(11)17/h1-6H,7,18H2,(H,19,20). The minimum atomic E-state index is -0.316. The molecule has 0 aliphatic rings. The van der Waals surface area contributed by atoms with Gasteiger partial charge in [0.25, 0.3) is 5.91 Å². The van der Waals surface area contributed by atoms with Crippen molar-refractivity contribution in [2.75, 3.05) is 5.73 Å². The van der Waals surface area contributed by atoms with Crippen LogP contribution in [0.5, 0.6) is 0 Å². The predicted octanol–water partition coefficient (Wildman–Crippen LogP) is 4.27. The second-order valence-electron chi connectivity index (χ2n) is 4.18. The molecule has 0 aliphatic heterocycles. The fourth-order valence-electron chi connectivity index (χ4n) is 1.70. The van der Waals surface area contributed by atoms with Gasteiger partial charge in [-0.2, -0.15) is 0 Å². The van der Waals surface area contributed by atoms with Gasteiger partial charge in [0.05, 0.1) is 15.6 Å². The number of benzene rings is 2. The summed E-state index contributed by atoms with van der Waals surface area (Å²) in [5.41, 5.74) is 7.30. The first-order valence-corrected chi connectivity index (χ1v) is 7.29. The average Bonchev–Trinajstić information content (AvgIpc) is 2.40. The zero-order chi connectivity index (χ0) is 14.7. The summed E-state index contributed by atoms with van der Waals surface area (Å²) in [6.07, 6.45) is 0. The molecule has 0 aliphatic carbocycles. The van der Waals surface area contributed by atoms with Crippen LogP contribution in [0.2, 0.25) is 10.0 Å². The molecule has 2 rings (SSSR count). The van der Waals surface area contributed by atoms with Gasteiger partial charge in [-0.1, -0.05) is 51.3 Å². The lowest BCUT2D eigenvalue weighted by atomic mass is 10.1. The van der Waals surface area contributed by atoms with Gasteiger partial charge in [-0.25, -0.2) is 0 Å². The van der Waals surface area contributed by atoms with E-state index in [0.717, 1.165) is 10.0 Å². The molecule has 0 saturated heterocycles. The SMILES string of the molecule is Nc1cc(Cl)c(Cl)c(C(=O)NCc2cccc(Br)c2)c1. The van der Waals surface area contributed by atoms with Crippen LogP contribution in [-0.2, 0) is 6.54 Å². The Balaban J connectivity index is 2.13. The molecule has 2 aromatic carbocycles. The third kappa shape index (κ3) is 3.66. The molecule has 6 heteroatoms. The maximum absolute atomic E-state index is 12.1. The number of hydrogen-bond donors (Lipinski definition) is 2. The van der Waals surface area contributed by atoms with Crippen molar-refractivity contribution >= 4 is 50.7 Å². The summed E-state index contributed by atoms with van der Waals surface area (Å²) in [7, 11) is 0. The van der Waals surface area contributed by atoms with Crippen LogP contribution < -0.4 is 11.1 Å². The molecule has 0 heterocycles. The zero-order valence-corrected chi connectivity index (χ0v) is 13.4. The maximum Gasteiger partial charge on any atom is 0.253 e. The van der Waals surface area contributed by atoms with E-state index in [1.807, 2.05) is 24.3 Å². The number of rotatable bonds is 3. The van der Waals surface area contributed by atoms with Gasteiger partial charge in [-0.15, -0.1) is 0 Å². The number of anilines is 1. The van der Waals surface area contributed by atoms with Crippen LogP contribution in [0.15, 0.2) is 40.9 Å². The van der Waals surface area contributed by atoms with E-state index < -0.39 is 0 Å². The van der Waals surface area contributed by atoms with Crippen molar-refractivity contribution in [3.8, 4) is 0 Å². The fraction of sp³-hybridized carbons (Fsp3) is 0.0714. The van der Waals surface area contributed by atoms with E-state index in [1.54, 1.807) is 0 Å². The molecule has 0 spiro atoms. The maximum atomic E-state index is 12.1. The summed E-state index contributed by atoms with van der Waals surface area (Å²) < 4.78 is 0.953. The molecule has 0 atom stereocenters. The average molecular weight is 374 g/mol. The van der Waals surface area contributed by atoms with E-state index in [-0.39, 0.29) is 21.5 Å². The van der Waals surface area contributed by atoms with Gasteiger partial charge in [0, 0.05) is 16.7 Å². The van der Waals surface area contributed by atoms with Gasteiger partial charge < -0.3 is 11.1 Å². The third-order valence-electron chi connectivity index (χ3n) is 2.64.